The van der Waals surface area contributed by atoms with Gasteiger partial charge in [-0.3, -0.25) is 4.90 Å². The molecule has 0 unspecified atom stereocenters. The van der Waals surface area contributed by atoms with E-state index in [4.69, 9.17) is 0 Å². The second-order valence-electron chi connectivity index (χ2n) is 5.94. The minimum atomic E-state index is -0.124. The number of hydrogen-bond donors (Lipinski definition) is 1. The molecule has 1 saturated carbocycles. The van der Waals surface area contributed by atoms with Crippen LogP contribution in [0.25, 0.3) is 0 Å². The molecule has 118 valence electrons. The summed E-state index contributed by atoms with van der Waals surface area (Å²) in [6.07, 6.45) is 5.19. The third kappa shape index (κ3) is 3.98. The van der Waals surface area contributed by atoms with Gasteiger partial charge in [-0.1, -0.05) is 28.8 Å². The Morgan fingerprint density at radius 1 is 1.19 bits per heavy atom. The first-order valence-electron chi connectivity index (χ1n) is 7.65. The molecule has 1 atom stereocenters. The van der Waals surface area contributed by atoms with Crippen LogP contribution in [0.15, 0.2) is 22.7 Å². The molecule has 5 heteroatoms. The van der Waals surface area contributed by atoms with E-state index in [1.807, 2.05) is 6.07 Å². The molecule has 1 aliphatic heterocycles. The van der Waals surface area contributed by atoms with Gasteiger partial charge in [-0.15, -0.1) is 12.4 Å². The van der Waals surface area contributed by atoms with Crippen LogP contribution in [0.4, 0.5) is 4.39 Å². The van der Waals surface area contributed by atoms with Crippen LogP contribution < -0.4 is 5.32 Å². The summed E-state index contributed by atoms with van der Waals surface area (Å²) in [5.74, 6) is 0.549. The van der Waals surface area contributed by atoms with Gasteiger partial charge in [0.2, 0.25) is 0 Å². The van der Waals surface area contributed by atoms with E-state index in [0.29, 0.717) is 12.0 Å². The lowest BCUT2D eigenvalue weighted by molar-refractivity contribution is 0.125. The van der Waals surface area contributed by atoms with Crippen LogP contribution in [-0.2, 0) is 0 Å². The number of rotatable bonds is 3. The Bertz CT molecular complexity index is 460. The van der Waals surface area contributed by atoms with E-state index in [9.17, 15) is 4.39 Å². The lowest BCUT2D eigenvalue weighted by Crippen LogP contribution is -2.46. The summed E-state index contributed by atoms with van der Waals surface area (Å²) in [6, 6.07) is 5.49. The van der Waals surface area contributed by atoms with Crippen molar-refractivity contribution in [1.29, 1.82) is 0 Å². The molecule has 0 radical (unpaired) electrons. The standard InChI is InChI=1S/C16H22BrFN2.ClH/c17-15-6-5-13(18)11-14(15)16(12-3-1-2-4-12)20-9-7-19-8-10-20;/h5-6,11-12,16,19H,1-4,7-10H2;1H/t16-;/m0./s1. The van der Waals surface area contributed by atoms with Crippen LogP contribution in [-0.4, -0.2) is 31.1 Å². The monoisotopic (exact) mass is 376 g/mol. The summed E-state index contributed by atoms with van der Waals surface area (Å²) in [6.45, 7) is 4.19. The topological polar surface area (TPSA) is 15.3 Å². The van der Waals surface area contributed by atoms with Gasteiger partial charge in [0, 0.05) is 36.7 Å². The summed E-state index contributed by atoms with van der Waals surface area (Å²) in [4.78, 5) is 2.55. The van der Waals surface area contributed by atoms with Gasteiger partial charge in [0.15, 0.2) is 0 Å². The number of hydrogen-bond acceptors (Lipinski definition) is 2. The van der Waals surface area contributed by atoms with E-state index in [1.54, 1.807) is 6.07 Å². The molecule has 1 N–H and O–H groups in total. The van der Waals surface area contributed by atoms with Gasteiger partial charge in [0.05, 0.1) is 0 Å². The Morgan fingerprint density at radius 2 is 1.86 bits per heavy atom. The van der Waals surface area contributed by atoms with Crippen molar-refractivity contribution in [3.8, 4) is 0 Å². The maximum absolute atomic E-state index is 13.7. The van der Waals surface area contributed by atoms with Crippen molar-refractivity contribution in [2.75, 3.05) is 26.2 Å². The van der Waals surface area contributed by atoms with Gasteiger partial charge in [-0.25, -0.2) is 4.39 Å². The van der Waals surface area contributed by atoms with Crippen molar-refractivity contribution < 1.29 is 4.39 Å². The van der Waals surface area contributed by atoms with E-state index in [-0.39, 0.29) is 18.2 Å². The molecule has 2 fully saturated rings. The molecular formula is C16H23BrClFN2. The van der Waals surface area contributed by atoms with Crippen molar-refractivity contribution >= 4 is 28.3 Å². The molecule has 1 heterocycles. The second kappa shape index (κ2) is 7.91. The number of benzene rings is 1. The van der Waals surface area contributed by atoms with Crippen LogP contribution in [0.2, 0.25) is 0 Å². The van der Waals surface area contributed by atoms with Crippen LogP contribution in [0, 0.1) is 11.7 Å². The summed E-state index contributed by atoms with van der Waals surface area (Å²) < 4.78 is 14.8. The molecule has 2 aliphatic rings. The second-order valence-corrected chi connectivity index (χ2v) is 6.80. The Kier molecular flexibility index (Phi) is 6.48. The Labute approximate surface area is 141 Å². The number of piperazine rings is 1. The first-order chi connectivity index (χ1) is 9.75. The predicted molar refractivity (Wildman–Crippen MR) is 90.5 cm³/mol. The fourth-order valence-corrected chi connectivity index (χ4v) is 4.20. The molecular weight excluding hydrogens is 355 g/mol. The van der Waals surface area contributed by atoms with Crippen molar-refractivity contribution in [1.82, 2.24) is 10.2 Å². The Balaban J connectivity index is 0.00000161. The number of nitrogens with zero attached hydrogens (tertiary/aromatic N) is 1. The normalized spacial score (nSPS) is 22.0. The lowest BCUT2D eigenvalue weighted by atomic mass is 9.89. The first-order valence-corrected chi connectivity index (χ1v) is 8.45. The molecule has 1 saturated heterocycles. The van der Waals surface area contributed by atoms with E-state index < -0.39 is 0 Å². The van der Waals surface area contributed by atoms with Gasteiger partial charge in [0.25, 0.3) is 0 Å². The molecule has 1 aromatic carbocycles. The molecule has 1 aliphatic carbocycles. The van der Waals surface area contributed by atoms with E-state index in [0.717, 1.165) is 36.2 Å². The molecule has 21 heavy (non-hydrogen) atoms. The Hall–Kier alpha value is -0.160. The smallest absolute Gasteiger partial charge is 0.123 e. The van der Waals surface area contributed by atoms with Gasteiger partial charge in [-0.05, 0) is 42.5 Å². The lowest BCUT2D eigenvalue weighted by Gasteiger charge is -2.39. The molecule has 0 amide bonds. The van der Waals surface area contributed by atoms with Gasteiger partial charge in [-0.2, -0.15) is 0 Å². The van der Waals surface area contributed by atoms with Crippen molar-refractivity contribution in [3.05, 3.63) is 34.1 Å². The average molecular weight is 378 g/mol. The largest absolute Gasteiger partial charge is 0.314 e. The Morgan fingerprint density at radius 3 is 2.52 bits per heavy atom. The minimum absolute atomic E-state index is 0. The predicted octanol–water partition coefficient (Wildman–Crippen LogP) is 4.15. The summed E-state index contributed by atoms with van der Waals surface area (Å²) >= 11 is 3.64. The van der Waals surface area contributed by atoms with Crippen LogP contribution in [0.1, 0.15) is 37.3 Å². The minimum Gasteiger partial charge on any atom is -0.314 e. The maximum atomic E-state index is 13.7. The molecule has 0 bridgehead atoms. The van der Waals surface area contributed by atoms with Crippen LogP contribution in [0.5, 0.6) is 0 Å². The fourth-order valence-electron chi connectivity index (χ4n) is 3.72. The zero-order chi connectivity index (χ0) is 13.9. The molecule has 2 nitrogen and oxygen atoms in total. The highest BCUT2D eigenvalue weighted by Crippen LogP contribution is 2.42. The van der Waals surface area contributed by atoms with Crippen molar-refractivity contribution in [3.63, 3.8) is 0 Å². The molecule has 1 aromatic rings. The van der Waals surface area contributed by atoms with Gasteiger partial charge < -0.3 is 5.32 Å². The zero-order valence-corrected chi connectivity index (χ0v) is 14.6. The SMILES string of the molecule is Cl.Fc1ccc(Br)c([C@H](C2CCCC2)N2CCNCC2)c1. The summed E-state index contributed by atoms with van der Waals surface area (Å²) in [5, 5.41) is 3.41. The van der Waals surface area contributed by atoms with Crippen LogP contribution in [0.3, 0.4) is 0 Å². The number of halogens is 3. The summed E-state index contributed by atoms with van der Waals surface area (Å²) in [7, 11) is 0. The van der Waals surface area contributed by atoms with Gasteiger partial charge >= 0.3 is 0 Å². The first kappa shape index (κ1) is 17.2. The highest BCUT2D eigenvalue weighted by atomic mass is 79.9. The van der Waals surface area contributed by atoms with Crippen molar-refractivity contribution in [2.45, 2.75) is 31.7 Å². The average Bonchev–Trinajstić information content (AvgIpc) is 2.98. The van der Waals surface area contributed by atoms with E-state index in [2.05, 4.69) is 26.1 Å². The van der Waals surface area contributed by atoms with E-state index in [1.165, 1.54) is 31.7 Å². The summed E-state index contributed by atoms with van der Waals surface area (Å²) in [5.41, 5.74) is 1.14. The molecule has 0 spiro atoms. The van der Waals surface area contributed by atoms with Crippen molar-refractivity contribution in [2.24, 2.45) is 5.92 Å². The third-order valence-corrected chi connectivity index (χ3v) is 5.39. The van der Waals surface area contributed by atoms with Crippen LogP contribution >= 0.6 is 28.3 Å². The third-order valence-electron chi connectivity index (χ3n) is 4.67. The number of nitrogens with one attached hydrogen (secondary N) is 1. The maximum Gasteiger partial charge on any atom is 0.123 e. The quantitative estimate of drug-likeness (QED) is 0.851. The van der Waals surface area contributed by atoms with Gasteiger partial charge in [0.1, 0.15) is 5.82 Å². The van der Waals surface area contributed by atoms with E-state index >= 15 is 0 Å². The zero-order valence-electron chi connectivity index (χ0n) is 12.2. The highest BCUT2D eigenvalue weighted by Gasteiger charge is 2.33. The fraction of sp³-hybridized carbons (Fsp3) is 0.625. The molecule has 0 aromatic heterocycles. The molecule has 3 rings (SSSR count). The highest BCUT2D eigenvalue weighted by molar-refractivity contribution is 9.10.